The van der Waals surface area contributed by atoms with Crippen molar-refractivity contribution >= 4 is 11.9 Å². The number of amides is 1. The fraction of sp³-hybridized carbons (Fsp3) is 0.529. The monoisotopic (exact) mass is 307 g/mol. The van der Waals surface area contributed by atoms with Gasteiger partial charge in [0.1, 0.15) is 12.1 Å². The predicted molar refractivity (Wildman–Crippen MR) is 84.3 cm³/mol. The lowest BCUT2D eigenvalue weighted by molar-refractivity contribution is -0.146. The van der Waals surface area contributed by atoms with E-state index < -0.39 is 24.0 Å². The molecule has 0 aliphatic heterocycles. The molecule has 1 aromatic rings. The zero-order valence-corrected chi connectivity index (χ0v) is 13.6. The van der Waals surface area contributed by atoms with E-state index in [4.69, 9.17) is 4.74 Å². The van der Waals surface area contributed by atoms with Crippen molar-refractivity contribution in [1.29, 1.82) is 0 Å². The first-order chi connectivity index (χ1) is 10.3. The number of carbonyl (C=O) groups is 2. The first-order valence-electron chi connectivity index (χ1n) is 7.46. The van der Waals surface area contributed by atoms with Crippen molar-refractivity contribution in [2.24, 2.45) is 5.92 Å². The largest absolute Gasteiger partial charge is 0.467 e. The molecule has 0 aromatic heterocycles. The second kappa shape index (κ2) is 8.54. The molecule has 2 N–H and O–H groups in total. The number of aryl methyl sites for hydroxylation is 1. The fourth-order valence-corrected chi connectivity index (χ4v) is 2.22. The molecule has 2 atom stereocenters. The van der Waals surface area contributed by atoms with E-state index in [0.29, 0.717) is 12.8 Å². The lowest BCUT2D eigenvalue weighted by Gasteiger charge is -2.20. The number of rotatable bonds is 7. The van der Waals surface area contributed by atoms with Crippen LogP contribution >= 0.6 is 0 Å². The lowest BCUT2D eigenvalue weighted by Crippen LogP contribution is -2.47. The molecule has 1 aromatic carbocycles. The van der Waals surface area contributed by atoms with E-state index in [1.807, 2.05) is 45.0 Å². The Labute approximate surface area is 131 Å². The lowest BCUT2D eigenvalue weighted by atomic mass is 10.0. The van der Waals surface area contributed by atoms with Crippen molar-refractivity contribution in [3.8, 4) is 0 Å². The van der Waals surface area contributed by atoms with Gasteiger partial charge in [0.05, 0.1) is 7.11 Å². The first-order valence-corrected chi connectivity index (χ1v) is 7.46. The molecule has 0 saturated heterocycles. The highest BCUT2D eigenvalue weighted by Gasteiger charge is 2.26. The normalized spacial score (nSPS) is 13.5. The maximum absolute atomic E-state index is 12.0. The Morgan fingerprint density at radius 3 is 2.45 bits per heavy atom. The van der Waals surface area contributed by atoms with Gasteiger partial charge < -0.3 is 15.2 Å². The minimum Gasteiger partial charge on any atom is -0.467 e. The van der Waals surface area contributed by atoms with E-state index in [-0.39, 0.29) is 5.92 Å². The van der Waals surface area contributed by atoms with Crippen molar-refractivity contribution in [3.63, 3.8) is 0 Å². The number of aliphatic hydroxyl groups excluding tert-OH is 1. The Bertz CT molecular complexity index is 513. The van der Waals surface area contributed by atoms with Gasteiger partial charge in [-0.3, -0.25) is 4.79 Å². The summed E-state index contributed by atoms with van der Waals surface area (Å²) in [6.45, 7) is 5.78. The zero-order chi connectivity index (χ0) is 16.7. The summed E-state index contributed by atoms with van der Waals surface area (Å²) in [6.07, 6.45) is -0.437. The van der Waals surface area contributed by atoms with Crippen LogP contribution in [-0.2, 0) is 20.7 Å². The molecule has 5 nitrogen and oxygen atoms in total. The van der Waals surface area contributed by atoms with E-state index in [1.54, 1.807) is 0 Å². The summed E-state index contributed by atoms with van der Waals surface area (Å²) in [5, 5.41) is 12.4. The fourth-order valence-electron chi connectivity index (χ4n) is 2.22. The second-order valence-electron chi connectivity index (χ2n) is 5.86. The molecule has 0 unspecified atom stereocenters. The molecule has 1 rings (SSSR count). The van der Waals surface area contributed by atoms with Gasteiger partial charge in [0, 0.05) is 6.42 Å². The summed E-state index contributed by atoms with van der Waals surface area (Å²) in [7, 11) is 1.28. The van der Waals surface area contributed by atoms with Gasteiger partial charge in [0.2, 0.25) is 5.91 Å². The van der Waals surface area contributed by atoms with Crippen LogP contribution in [0, 0.1) is 12.8 Å². The van der Waals surface area contributed by atoms with Crippen molar-refractivity contribution in [2.75, 3.05) is 7.11 Å². The van der Waals surface area contributed by atoms with Crippen LogP contribution in [0.25, 0.3) is 0 Å². The standard InChI is InChI=1S/C17H25NO4/c1-11(2)9-15(19)16(20)18-14(17(21)22-4)10-13-8-6-5-7-12(13)3/h5-8,11,14-15,19H,9-10H2,1-4H3,(H,18,20)/t14-,15-/m1/s1. The average molecular weight is 307 g/mol. The molecule has 1 amide bonds. The van der Waals surface area contributed by atoms with Crippen LogP contribution in [0.4, 0.5) is 0 Å². The van der Waals surface area contributed by atoms with Crippen molar-refractivity contribution in [3.05, 3.63) is 35.4 Å². The molecular formula is C17H25NO4. The summed E-state index contributed by atoms with van der Waals surface area (Å²) in [5.41, 5.74) is 1.99. The zero-order valence-electron chi connectivity index (χ0n) is 13.6. The smallest absolute Gasteiger partial charge is 0.328 e. The SMILES string of the molecule is COC(=O)[C@@H](Cc1ccccc1C)NC(=O)[C@H](O)CC(C)C. The third-order valence-corrected chi connectivity index (χ3v) is 3.48. The van der Waals surface area contributed by atoms with Crippen LogP contribution in [0.5, 0.6) is 0 Å². The number of esters is 1. The van der Waals surface area contributed by atoms with E-state index >= 15 is 0 Å². The third kappa shape index (κ3) is 5.48. The van der Waals surface area contributed by atoms with Gasteiger partial charge in [-0.2, -0.15) is 0 Å². The van der Waals surface area contributed by atoms with Gasteiger partial charge in [-0.1, -0.05) is 38.1 Å². The van der Waals surface area contributed by atoms with Crippen LogP contribution in [0.15, 0.2) is 24.3 Å². The molecule has 122 valence electrons. The Morgan fingerprint density at radius 1 is 1.27 bits per heavy atom. The quantitative estimate of drug-likeness (QED) is 0.750. The van der Waals surface area contributed by atoms with Gasteiger partial charge >= 0.3 is 5.97 Å². The Morgan fingerprint density at radius 2 is 1.91 bits per heavy atom. The third-order valence-electron chi connectivity index (χ3n) is 3.48. The summed E-state index contributed by atoms with van der Waals surface area (Å²) in [6, 6.07) is 6.84. The number of hydrogen-bond donors (Lipinski definition) is 2. The maximum Gasteiger partial charge on any atom is 0.328 e. The molecule has 0 bridgehead atoms. The molecule has 0 saturated carbocycles. The first kappa shape index (κ1) is 18.2. The summed E-state index contributed by atoms with van der Waals surface area (Å²) in [4.78, 5) is 23.9. The van der Waals surface area contributed by atoms with Crippen LogP contribution in [0.1, 0.15) is 31.4 Å². The van der Waals surface area contributed by atoms with Gasteiger partial charge in [0.15, 0.2) is 0 Å². The molecule has 0 fully saturated rings. The highest BCUT2D eigenvalue weighted by molar-refractivity contribution is 5.87. The van der Waals surface area contributed by atoms with Crippen LogP contribution in [0.3, 0.4) is 0 Å². The van der Waals surface area contributed by atoms with Crippen LogP contribution in [-0.4, -0.2) is 36.2 Å². The number of methoxy groups -OCH3 is 1. The molecular weight excluding hydrogens is 282 g/mol. The molecule has 0 spiro atoms. The summed E-state index contributed by atoms with van der Waals surface area (Å²) in [5.74, 6) is -0.875. The van der Waals surface area contributed by atoms with Crippen LogP contribution in [0.2, 0.25) is 0 Å². The number of aliphatic hydroxyl groups is 1. The van der Waals surface area contributed by atoms with E-state index in [0.717, 1.165) is 11.1 Å². The highest BCUT2D eigenvalue weighted by Crippen LogP contribution is 2.11. The number of ether oxygens (including phenoxy) is 1. The number of hydrogen-bond acceptors (Lipinski definition) is 4. The van der Waals surface area contributed by atoms with Gasteiger partial charge in [-0.25, -0.2) is 4.79 Å². The van der Waals surface area contributed by atoms with Crippen molar-refractivity contribution in [2.45, 2.75) is 45.8 Å². The van der Waals surface area contributed by atoms with Crippen LogP contribution < -0.4 is 5.32 Å². The topological polar surface area (TPSA) is 75.6 Å². The average Bonchev–Trinajstić information content (AvgIpc) is 2.47. The number of nitrogens with one attached hydrogen (secondary N) is 1. The number of benzene rings is 1. The minimum atomic E-state index is -1.12. The molecule has 0 aliphatic rings. The molecule has 0 aliphatic carbocycles. The Hall–Kier alpha value is -1.88. The molecule has 0 heterocycles. The van der Waals surface area contributed by atoms with E-state index in [2.05, 4.69) is 5.32 Å². The second-order valence-corrected chi connectivity index (χ2v) is 5.86. The minimum absolute atomic E-state index is 0.189. The Kier molecular flexibility index (Phi) is 7.05. The van der Waals surface area contributed by atoms with E-state index in [9.17, 15) is 14.7 Å². The Balaban J connectivity index is 2.79. The van der Waals surface area contributed by atoms with Gasteiger partial charge in [-0.05, 0) is 30.4 Å². The van der Waals surface area contributed by atoms with Crippen molar-refractivity contribution in [1.82, 2.24) is 5.32 Å². The summed E-state index contributed by atoms with van der Waals surface area (Å²) >= 11 is 0. The molecule has 22 heavy (non-hydrogen) atoms. The highest BCUT2D eigenvalue weighted by atomic mass is 16.5. The van der Waals surface area contributed by atoms with Crippen molar-refractivity contribution < 1.29 is 19.4 Å². The maximum atomic E-state index is 12.0. The predicted octanol–water partition coefficient (Wildman–Crippen LogP) is 1.60. The molecule has 0 radical (unpaired) electrons. The van der Waals surface area contributed by atoms with Gasteiger partial charge in [-0.15, -0.1) is 0 Å². The van der Waals surface area contributed by atoms with E-state index in [1.165, 1.54) is 7.11 Å². The summed E-state index contributed by atoms with van der Waals surface area (Å²) < 4.78 is 4.75. The number of carbonyl (C=O) groups excluding carboxylic acids is 2. The van der Waals surface area contributed by atoms with Gasteiger partial charge in [0.25, 0.3) is 0 Å². The molecule has 5 heteroatoms.